The summed E-state index contributed by atoms with van der Waals surface area (Å²) >= 11 is 0. The number of fused-ring (bicyclic) bond motifs is 2. The van der Waals surface area contributed by atoms with Crippen LogP contribution in [0.15, 0.2) is 0 Å². The van der Waals surface area contributed by atoms with Gasteiger partial charge in [0.1, 0.15) is 13.3 Å². The normalized spacial score (nSPS) is 30.5. The van der Waals surface area contributed by atoms with Gasteiger partial charge in [0.15, 0.2) is 0 Å². The van der Waals surface area contributed by atoms with E-state index >= 15 is 0 Å². The molecular formula is C10H16FNO2. The number of hydrogen-bond acceptors (Lipinski definition) is 2. The fourth-order valence-electron chi connectivity index (χ4n) is 2.62. The van der Waals surface area contributed by atoms with Crippen molar-refractivity contribution in [2.45, 2.75) is 44.2 Å². The molecule has 2 bridgehead atoms. The van der Waals surface area contributed by atoms with Crippen molar-refractivity contribution in [3.05, 3.63) is 0 Å². The van der Waals surface area contributed by atoms with Crippen molar-refractivity contribution in [2.75, 3.05) is 13.3 Å². The van der Waals surface area contributed by atoms with Crippen molar-refractivity contribution in [3.8, 4) is 0 Å². The molecule has 0 spiro atoms. The van der Waals surface area contributed by atoms with Crippen LogP contribution in [-0.4, -0.2) is 36.4 Å². The molecule has 80 valence electrons. The average Bonchev–Trinajstić information content (AvgIpc) is 2.45. The molecule has 1 amide bonds. The van der Waals surface area contributed by atoms with E-state index in [2.05, 4.69) is 0 Å². The Labute approximate surface area is 83.2 Å². The summed E-state index contributed by atoms with van der Waals surface area (Å²) in [6, 6.07) is 0.724. The van der Waals surface area contributed by atoms with Gasteiger partial charge in [-0.1, -0.05) is 0 Å². The standard InChI is InChI=1S/C10H16FNO2/c11-6-7-14-10(13)12-8-2-1-3-9(12)5-4-8/h8-9H,1-7H2. The molecule has 2 aliphatic rings. The third kappa shape index (κ3) is 1.70. The summed E-state index contributed by atoms with van der Waals surface area (Å²) in [5, 5.41) is 0. The molecular weight excluding hydrogens is 185 g/mol. The first kappa shape index (κ1) is 9.74. The number of alkyl halides is 1. The van der Waals surface area contributed by atoms with E-state index in [1.807, 2.05) is 4.90 Å². The van der Waals surface area contributed by atoms with Crippen molar-refractivity contribution in [3.63, 3.8) is 0 Å². The van der Waals surface area contributed by atoms with E-state index in [-0.39, 0.29) is 12.7 Å². The van der Waals surface area contributed by atoms with Crippen molar-refractivity contribution in [2.24, 2.45) is 0 Å². The Morgan fingerprint density at radius 1 is 1.29 bits per heavy atom. The first-order chi connectivity index (χ1) is 6.83. The van der Waals surface area contributed by atoms with Gasteiger partial charge in [0.05, 0.1) is 0 Å². The molecule has 0 aromatic heterocycles. The largest absolute Gasteiger partial charge is 0.447 e. The van der Waals surface area contributed by atoms with E-state index in [1.165, 1.54) is 6.42 Å². The summed E-state index contributed by atoms with van der Waals surface area (Å²) < 4.78 is 16.7. The van der Waals surface area contributed by atoms with Crippen molar-refractivity contribution in [1.82, 2.24) is 4.90 Å². The third-order valence-corrected chi connectivity index (χ3v) is 3.21. The van der Waals surface area contributed by atoms with Gasteiger partial charge in [0, 0.05) is 12.1 Å². The fourth-order valence-corrected chi connectivity index (χ4v) is 2.62. The van der Waals surface area contributed by atoms with Gasteiger partial charge in [-0.15, -0.1) is 0 Å². The van der Waals surface area contributed by atoms with E-state index < -0.39 is 6.67 Å². The molecule has 0 aromatic rings. The number of carbonyl (C=O) groups is 1. The Hall–Kier alpha value is -0.800. The molecule has 0 radical (unpaired) electrons. The fraction of sp³-hybridized carbons (Fsp3) is 0.900. The number of nitrogens with zero attached hydrogens (tertiary/aromatic N) is 1. The summed E-state index contributed by atoms with van der Waals surface area (Å²) in [6.07, 6.45) is 5.25. The molecule has 14 heavy (non-hydrogen) atoms. The zero-order valence-corrected chi connectivity index (χ0v) is 8.25. The van der Waals surface area contributed by atoms with Crippen LogP contribution in [0.25, 0.3) is 0 Å². The van der Waals surface area contributed by atoms with E-state index in [9.17, 15) is 9.18 Å². The summed E-state index contributed by atoms with van der Waals surface area (Å²) in [5.74, 6) is 0. The van der Waals surface area contributed by atoms with E-state index in [0.29, 0.717) is 12.1 Å². The molecule has 0 saturated carbocycles. The number of carbonyl (C=O) groups excluding carboxylic acids is 1. The highest BCUT2D eigenvalue weighted by atomic mass is 19.1. The second kappa shape index (κ2) is 4.15. The first-order valence-corrected chi connectivity index (χ1v) is 5.34. The van der Waals surface area contributed by atoms with Crippen LogP contribution in [0, 0.1) is 0 Å². The predicted octanol–water partition coefficient (Wildman–Crippen LogP) is 2.11. The topological polar surface area (TPSA) is 29.5 Å². The predicted molar refractivity (Wildman–Crippen MR) is 49.8 cm³/mol. The van der Waals surface area contributed by atoms with E-state index in [0.717, 1.165) is 25.7 Å². The lowest BCUT2D eigenvalue weighted by Crippen LogP contribution is -2.44. The molecule has 4 heteroatoms. The minimum atomic E-state index is -0.588. The lowest BCUT2D eigenvalue weighted by atomic mass is 10.0. The second-order valence-corrected chi connectivity index (χ2v) is 4.03. The molecule has 2 fully saturated rings. The average molecular weight is 201 g/mol. The molecule has 2 atom stereocenters. The monoisotopic (exact) mass is 201 g/mol. The molecule has 2 aliphatic heterocycles. The second-order valence-electron chi connectivity index (χ2n) is 4.03. The number of ether oxygens (including phenoxy) is 1. The van der Waals surface area contributed by atoms with Gasteiger partial charge in [-0.2, -0.15) is 0 Å². The van der Waals surface area contributed by atoms with Gasteiger partial charge in [0.2, 0.25) is 0 Å². The summed E-state index contributed by atoms with van der Waals surface area (Å²) in [6.45, 7) is -0.691. The van der Waals surface area contributed by atoms with Crippen molar-refractivity contribution >= 4 is 6.09 Å². The van der Waals surface area contributed by atoms with Crippen LogP contribution < -0.4 is 0 Å². The van der Waals surface area contributed by atoms with E-state index in [4.69, 9.17) is 4.74 Å². The number of halogens is 1. The SMILES string of the molecule is O=C(OCCF)N1C2CCCC1CC2. The first-order valence-electron chi connectivity index (χ1n) is 5.34. The molecule has 0 aliphatic carbocycles. The Balaban J connectivity index is 1.93. The quantitative estimate of drug-likeness (QED) is 0.684. The van der Waals surface area contributed by atoms with Gasteiger partial charge in [0.25, 0.3) is 0 Å². The Morgan fingerprint density at radius 2 is 1.93 bits per heavy atom. The Kier molecular flexibility index (Phi) is 2.89. The molecule has 0 N–H and O–H groups in total. The van der Waals surface area contributed by atoms with Crippen molar-refractivity contribution in [1.29, 1.82) is 0 Å². The number of amides is 1. The van der Waals surface area contributed by atoms with Crippen LogP contribution in [0.1, 0.15) is 32.1 Å². The van der Waals surface area contributed by atoms with Crippen LogP contribution in [0.2, 0.25) is 0 Å². The molecule has 2 saturated heterocycles. The molecule has 2 rings (SSSR count). The van der Waals surface area contributed by atoms with Gasteiger partial charge in [-0.25, -0.2) is 9.18 Å². The lowest BCUT2D eigenvalue weighted by molar-refractivity contribution is 0.0659. The maximum atomic E-state index is 11.8. The van der Waals surface area contributed by atoms with E-state index in [1.54, 1.807) is 0 Å². The van der Waals surface area contributed by atoms with Crippen molar-refractivity contribution < 1.29 is 13.9 Å². The molecule has 0 aromatic carbocycles. The minimum Gasteiger partial charge on any atom is -0.447 e. The zero-order valence-electron chi connectivity index (χ0n) is 8.25. The number of piperidine rings is 1. The lowest BCUT2D eigenvalue weighted by Gasteiger charge is -2.33. The smallest absolute Gasteiger partial charge is 0.410 e. The van der Waals surface area contributed by atoms with Gasteiger partial charge < -0.3 is 9.64 Å². The summed E-state index contributed by atoms with van der Waals surface area (Å²) in [7, 11) is 0. The maximum Gasteiger partial charge on any atom is 0.410 e. The van der Waals surface area contributed by atoms with Gasteiger partial charge in [-0.05, 0) is 32.1 Å². The Bertz CT molecular complexity index is 206. The molecule has 2 unspecified atom stereocenters. The highest BCUT2D eigenvalue weighted by Gasteiger charge is 2.40. The highest BCUT2D eigenvalue weighted by Crippen LogP contribution is 2.35. The summed E-state index contributed by atoms with van der Waals surface area (Å²) in [4.78, 5) is 13.4. The van der Waals surface area contributed by atoms with Crippen LogP contribution in [0.5, 0.6) is 0 Å². The van der Waals surface area contributed by atoms with Crippen LogP contribution in [0.4, 0.5) is 9.18 Å². The molecule has 2 heterocycles. The van der Waals surface area contributed by atoms with Gasteiger partial charge in [-0.3, -0.25) is 0 Å². The minimum absolute atomic E-state index is 0.102. The van der Waals surface area contributed by atoms with Crippen LogP contribution in [-0.2, 0) is 4.74 Å². The zero-order chi connectivity index (χ0) is 9.97. The third-order valence-electron chi connectivity index (χ3n) is 3.21. The highest BCUT2D eigenvalue weighted by molar-refractivity contribution is 5.69. The van der Waals surface area contributed by atoms with Crippen LogP contribution in [0.3, 0.4) is 0 Å². The van der Waals surface area contributed by atoms with Crippen LogP contribution >= 0.6 is 0 Å². The molecule has 3 nitrogen and oxygen atoms in total. The number of hydrogen-bond donors (Lipinski definition) is 0. The van der Waals surface area contributed by atoms with Gasteiger partial charge >= 0.3 is 6.09 Å². The summed E-state index contributed by atoms with van der Waals surface area (Å²) in [5.41, 5.74) is 0. The maximum absolute atomic E-state index is 11.8. The Morgan fingerprint density at radius 3 is 2.50 bits per heavy atom. The number of rotatable bonds is 2.